The van der Waals surface area contributed by atoms with Gasteiger partial charge in [-0.1, -0.05) is 0 Å². The summed E-state index contributed by atoms with van der Waals surface area (Å²) in [5.41, 5.74) is 0. The Morgan fingerprint density at radius 1 is 1.25 bits per heavy atom. The maximum Gasteiger partial charge on any atom is 0.317 e. The minimum absolute atomic E-state index is 0.0258. The number of aliphatic carboxylic acids is 1. The summed E-state index contributed by atoms with van der Waals surface area (Å²) >= 11 is 0. The normalized spacial score (nSPS) is 34.6. The number of hydrogen-bond donors (Lipinski definition) is 2. The Hall–Kier alpha value is -1.30. The maximum absolute atomic E-state index is 12.3. The minimum Gasteiger partial charge on any atom is -0.481 e. The second kappa shape index (κ2) is 6.43. The molecular formula is C14H24N2O4. The van der Waals surface area contributed by atoms with E-state index >= 15 is 0 Å². The minimum atomic E-state index is -0.754. The number of urea groups is 1. The molecule has 0 saturated carbocycles. The number of rotatable bonds is 2. The number of amides is 2. The molecule has 6 nitrogen and oxygen atoms in total. The lowest BCUT2D eigenvalue weighted by Crippen LogP contribution is -2.53. The standard InChI is InChI=1S/C14H24N2O4/c1-9-7-11(13(17)18)3-5-16(9)14(19)15-12-4-6-20-10(2)8-12/h9-12H,3-8H2,1-2H3,(H,15,19)(H,17,18). The van der Waals surface area contributed by atoms with Crippen molar-refractivity contribution in [3.8, 4) is 0 Å². The van der Waals surface area contributed by atoms with Crippen molar-refractivity contribution in [2.24, 2.45) is 5.92 Å². The summed E-state index contributed by atoms with van der Waals surface area (Å²) in [6, 6.07) is 0.0678. The summed E-state index contributed by atoms with van der Waals surface area (Å²) in [4.78, 5) is 25.0. The monoisotopic (exact) mass is 284 g/mol. The van der Waals surface area contributed by atoms with Gasteiger partial charge in [0.15, 0.2) is 0 Å². The first-order valence-corrected chi connectivity index (χ1v) is 7.39. The van der Waals surface area contributed by atoms with Gasteiger partial charge in [0.05, 0.1) is 12.0 Å². The molecule has 0 aromatic heterocycles. The van der Waals surface area contributed by atoms with Crippen LogP contribution in [0.3, 0.4) is 0 Å². The lowest BCUT2D eigenvalue weighted by atomic mass is 9.92. The van der Waals surface area contributed by atoms with Crippen LogP contribution in [0.5, 0.6) is 0 Å². The highest BCUT2D eigenvalue weighted by Crippen LogP contribution is 2.23. The van der Waals surface area contributed by atoms with E-state index in [-0.39, 0.29) is 30.1 Å². The molecule has 0 aromatic rings. The van der Waals surface area contributed by atoms with Gasteiger partial charge in [0.25, 0.3) is 0 Å². The third kappa shape index (κ3) is 3.62. The number of carbonyl (C=O) groups excluding carboxylic acids is 1. The Bertz CT molecular complexity index is 374. The van der Waals surface area contributed by atoms with Gasteiger partial charge in [-0.2, -0.15) is 0 Å². The van der Waals surface area contributed by atoms with E-state index in [4.69, 9.17) is 9.84 Å². The van der Waals surface area contributed by atoms with Crippen LogP contribution in [-0.2, 0) is 9.53 Å². The number of piperidine rings is 1. The molecule has 0 bridgehead atoms. The Labute approximate surface area is 119 Å². The molecule has 2 saturated heterocycles. The molecule has 0 spiro atoms. The molecular weight excluding hydrogens is 260 g/mol. The Balaban J connectivity index is 1.85. The second-order valence-electron chi connectivity index (χ2n) is 5.95. The van der Waals surface area contributed by atoms with E-state index in [9.17, 15) is 9.59 Å². The Morgan fingerprint density at radius 3 is 2.60 bits per heavy atom. The van der Waals surface area contributed by atoms with Crippen molar-refractivity contribution in [1.82, 2.24) is 10.2 Å². The Morgan fingerprint density at radius 2 is 2.00 bits per heavy atom. The smallest absolute Gasteiger partial charge is 0.317 e. The third-order valence-corrected chi connectivity index (χ3v) is 4.30. The molecule has 4 unspecified atom stereocenters. The number of carboxylic acids is 1. The average Bonchev–Trinajstić information content (AvgIpc) is 2.38. The van der Waals surface area contributed by atoms with Crippen LogP contribution in [0.25, 0.3) is 0 Å². The predicted octanol–water partition coefficient (Wildman–Crippen LogP) is 1.45. The summed E-state index contributed by atoms with van der Waals surface area (Å²) < 4.78 is 5.47. The lowest BCUT2D eigenvalue weighted by molar-refractivity contribution is -0.143. The zero-order valence-corrected chi connectivity index (χ0v) is 12.2. The van der Waals surface area contributed by atoms with Gasteiger partial charge in [0.1, 0.15) is 0 Å². The molecule has 2 aliphatic rings. The van der Waals surface area contributed by atoms with Gasteiger partial charge in [0, 0.05) is 25.2 Å². The van der Waals surface area contributed by atoms with Crippen molar-refractivity contribution in [3.63, 3.8) is 0 Å². The predicted molar refractivity (Wildman–Crippen MR) is 73.5 cm³/mol. The molecule has 2 heterocycles. The van der Waals surface area contributed by atoms with Gasteiger partial charge in [-0.3, -0.25) is 4.79 Å². The van der Waals surface area contributed by atoms with Crippen molar-refractivity contribution in [3.05, 3.63) is 0 Å². The van der Waals surface area contributed by atoms with Crippen molar-refractivity contribution in [1.29, 1.82) is 0 Å². The van der Waals surface area contributed by atoms with Crippen LogP contribution >= 0.6 is 0 Å². The highest BCUT2D eigenvalue weighted by molar-refractivity contribution is 5.76. The van der Waals surface area contributed by atoms with E-state index in [0.717, 1.165) is 12.8 Å². The summed E-state index contributed by atoms with van der Waals surface area (Å²) in [5, 5.41) is 12.1. The van der Waals surface area contributed by atoms with Crippen LogP contribution < -0.4 is 5.32 Å². The van der Waals surface area contributed by atoms with E-state index in [1.54, 1.807) is 4.90 Å². The van der Waals surface area contributed by atoms with Crippen molar-refractivity contribution >= 4 is 12.0 Å². The number of carbonyl (C=O) groups is 2. The maximum atomic E-state index is 12.3. The molecule has 6 heteroatoms. The lowest BCUT2D eigenvalue weighted by Gasteiger charge is -2.38. The summed E-state index contributed by atoms with van der Waals surface area (Å²) in [7, 11) is 0. The van der Waals surface area contributed by atoms with Crippen LogP contribution in [0.4, 0.5) is 4.79 Å². The molecule has 0 aliphatic carbocycles. The molecule has 2 aliphatic heterocycles. The number of nitrogens with one attached hydrogen (secondary N) is 1. The van der Waals surface area contributed by atoms with Crippen molar-refractivity contribution < 1.29 is 19.4 Å². The van der Waals surface area contributed by atoms with Crippen LogP contribution in [0.2, 0.25) is 0 Å². The topological polar surface area (TPSA) is 78.9 Å². The number of hydrogen-bond acceptors (Lipinski definition) is 3. The fraction of sp³-hybridized carbons (Fsp3) is 0.857. The quantitative estimate of drug-likeness (QED) is 0.804. The molecule has 2 fully saturated rings. The number of nitrogens with zero attached hydrogens (tertiary/aromatic N) is 1. The van der Waals surface area contributed by atoms with E-state index in [2.05, 4.69) is 5.32 Å². The third-order valence-electron chi connectivity index (χ3n) is 4.30. The highest BCUT2D eigenvalue weighted by Gasteiger charge is 2.33. The summed E-state index contributed by atoms with van der Waals surface area (Å²) in [5.74, 6) is -1.08. The van der Waals surface area contributed by atoms with Crippen LogP contribution in [0.15, 0.2) is 0 Å². The summed E-state index contributed by atoms with van der Waals surface area (Å²) in [6.45, 7) is 5.13. The van der Waals surface area contributed by atoms with Gasteiger partial charge in [-0.05, 0) is 39.5 Å². The molecule has 2 amide bonds. The first-order valence-electron chi connectivity index (χ1n) is 7.39. The largest absolute Gasteiger partial charge is 0.481 e. The molecule has 2 N–H and O–H groups in total. The molecule has 20 heavy (non-hydrogen) atoms. The SMILES string of the molecule is CC1CC(NC(=O)N2CCC(C(=O)O)CC2C)CCO1. The fourth-order valence-electron chi connectivity index (χ4n) is 3.08. The van der Waals surface area contributed by atoms with Gasteiger partial charge >= 0.3 is 12.0 Å². The van der Waals surface area contributed by atoms with E-state index in [1.807, 2.05) is 13.8 Å². The molecule has 0 radical (unpaired) electrons. The first-order chi connectivity index (χ1) is 9.47. The zero-order chi connectivity index (χ0) is 14.7. The van der Waals surface area contributed by atoms with Crippen molar-refractivity contribution in [2.75, 3.05) is 13.2 Å². The second-order valence-corrected chi connectivity index (χ2v) is 5.95. The molecule has 2 rings (SSSR count). The van der Waals surface area contributed by atoms with Gasteiger partial charge in [0.2, 0.25) is 0 Å². The molecule has 4 atom stereocenters. The first kappa shape index (κ1) is 15.1. The van der Waals surface area contributed by atoms with Crippen LogP contribution in [0, 0.1) is 5.92 Å². The number of carboxylic acid groups (broad SMARTS) is 1. The molecule has 114 valence electrons. The van der Waals surface area contributed by atoms with E-state index in [1.165, 1.54) is 0 Å². The number of likely N-dealkylation sites (tertiary alicyclic amines) is 1. The van der Waals surface area contributed by atoms with Crippen molar-refractivity contribution in [2.45, 2.75) is 57.7 Å². The average molecular weight is 284 g/mol. The number of ether oxygens (including phenoxy) is 1. The zero-order valence-electron chi connectivity index (χ0n) is 12.2. The Kier molecular flexibility index (Phi) is 4.86. The van der Waals surface area contributed by atoms with E-state index < -0.39 is 5.97 Å². The van der Waals surface area contributed by atoms with E-state index in [0.29, 0.717) is 26.0 Å². The van der Waals surface area contributed by atoms with Gasteiger partial charge < -0.3 is 20.1 Å². The van der Waals surface area contributed by atoms with Crippen LogP contribution in [-0.4, -0.2) is 53.3 Å². The fourth-order valence-corrected chi connectivity index (χ4v) is 3.08. The summed E-state index contributed by atoms with van der Waals surface area (Å²) in [6.07, 6.45) is 2.94. The van der Waals surface area contributed by atoms with Gasteiger partial charge in [-0.25, -0.2) is 4.79 Å². The highest BCUT2D eigenvalue weighted by atomic mass is 16.5. The molecule has 0 aromatic carbocycles. The van der Waals surface area contributed by atoms with Gasteiger partial charge in [-0.15, -0.1) is 0 Å². The van der Waals surface area contributed by atoms with Crippen LogP contribution in [0.1, 0.15) is 39.5 Å².